The molecule has 0 radical (unpaired) electrons. The number of amides is 2. The molecule has 1 aromatic rings. The lowest BCUT2D eigenvalue weighted by molar-refractivity contribution is -0.138. The summed E-state index contributed by atoms with van der Waals surface area (Å²) in [5.41, 5.74) is 8.04. The van der Waals surface area contributed by atoms with Crippen LogP contribution < -0.4 is 11.2 Å². The second-order valence-corrected chi connectivity index (χ2v) is 4.86. The molecule has 0 bridgehead atoms. The largest absolute Gasteiger partial charge is 0.368 e. The number of primary amides is 1. The highest BCUT2D eigenvalue weighted by atomic mass is 32.2. The maximum absolute atomic E-state index is 11.7. The fourth-order valence-corrected chi connectivity index (χ4v) is 2.54. The predicted molar refractivity (Wildman–Crippen MR) is 72.5 cm³/mol. The van der Waals surface area contributed by atoms with E-state index in [2.05, 4.69) is 15.3 Å². The van der Waals surface area contributed by atoms with Crippen LogP contribution in [0.25, 0.3) is 0 Å². The SMILES string of the molecule is NC(=O)CONC(=O)C1CSC(c2ccccc2)=N1. The summed E-state index contributed by atoms with van der Waals surface area (Å²) in [6, 6.07) is 9.13. The van der Waals surface area contributed by atoms with Gasteiger partial charge >= 0.3 is 0 Å². The minimum atomic E-state index is -0.644. The standard InChI is InChI=1S/C12H13N3O3S/c13-10(16)6-18-15-11(17)9-7-19-12(14-9)8-4-2-1-3-5-8/h1-5,9H,6-7H2,(H2,13,16)(H,15,17). The average Bonchev–Trinajstić information content (AvgIpc) is 2.89. The molecule has 19 heavy (non-hydrogen) atoms. The van der Waals surface area contributed by atoms with Crippen LogP contribution in [-0.4, -0.2) is 35.3 Å². The topological polar surface area (TPSA) is 93.8 Å². The van der Waals surface area contributed by atoms with E-state index in [9.17, 15) is 9.59 Å². The molecule has 1 aliphatic rings. The number of rotatable bonds is 5. The zero-order valence-corrected chi connectivity index (χ0v) is 10.9. The lowest BCUT2D eigenvalue weighted by atomic mass is 10.2. The Hall–Kier alpha value is -1.86. The predicted octanol–water partition coefficient (Wildman–Crippen LogP) is 0.0817. The summed E-state index contributed by atoms with van der Waals surface area (Å²) >= 11 is 1.51. The first-order chi connectivity index (χ1) is 9.16. The average molecular weight is 279 g/mol. The van der Waals surface area contributed by atoms with Crippen LogP contribution in [0.5, 0.6) is 0 Å². The Kier molecular flexibility index (Phi) is 4.53. The molecule has 1 aromatic carbocycles. The van der Waals surface area contributed by atoms with Crippen LogP contribution in [0.3, 0.4) is 0 Å². The number of hydrogen-bond acceptors (Lipinski definition) is 5. The monoisotopic (exact) mass is 279 g/mol. The number of aliphatic imine (C=N–C) groups is 1. The van der Waals surface area contributed by atoms with Gasteiger partial charge in [0.15, 0.2) is 6.61 Å². The van der Waals surface area contributed by atoms with Crippen molar-refractivity contribution in [2.75, 3.05) is 12.4 Å². The molecule has 0 aliphatic carbocycles. The summed E-state index contributed by atoms with van der Waals surface area (Å²) in [5, 5.41) is 0.829. The lowest BCUT2D eigenvalue weighted by Crippen LogP contribution is -2.36. The van der Waals surface area contributed by atoms with Gasteiger partial charge < -0.3 is 5.73 Å². The van der Waals surface area contributed by atoms with Gasteiger partial charge in [0.2, 0.25) is 5.91 Å². The molecule has 2 rings (SSSR count). The van der Waals surface area contributed by atoms with Crippen LogP contribution in [0.15, 0.2) is 35.3 Å². The van der Waals surface area contributed by atoms with E-state index < -0.39 is 11.9 Å². The summed E-state index contributed by atoms with van der Waals surface area (Å²) < 4.78 is 0. The van der Waals surface area contributed by atoms with Crippen molar-refractivity contribution in [3.63, 3.8) is 0 Å². The zero-order chi connectivity index (χ0) is 13.7. The molecule has 6 nitrogen and oxygen atoms in total. The first-order valence-corrected chi connectivity index (χ1v) is 6.61. The normalized spacial score (nSPS) is 17.9. The molecule has 0 fully saturated rings. The molecule has 0 saturated carbocycles. The van der Waals surface area contributed by atoms with E-state index in [1.54, 1.807) is 0 Å². The number of benzene rings is 1. The molecule has 0 aromatic heterocycles. The van der Waals surface area contributed by atoms with E-state index in [-0.39, 0.29) is 12.5 Å². The van der Waals surface area contributed by atoms with Gasteiger partial charge in [0.1, 0.15) is 6.04 Å². The number of nitrogens with two attached hydrogens (primary N) is 1. The first-order valence-electron chi connectivity index (χ1n) is 5.63. The third kappa shape index (κ3) is 3.80. The highest BCUT2D eigenvalue weighted by molar-refractivity contribution is 8.14. The lowest BCUT2D eigenvalue weighted by Gasteiger charge is -2.06. The molecule has 0 spiro atoms. The molecule has 1 unspecified atom stereocenters. The molecule has 1 heterocycles. The summed E-state index contributed by atoms with van der Waals surface area (Å²) in [7, 11) is 0. The molecule has 0 saturated heterocycles. The summed E-state index contributed by atoms with van der Waals surface area (Å²) in [4.78, 5) is 31.1. The van der Waals surface area contributed by atoms with E-state index >= 15 is 0 Å². The number of nitrogens with one attached hydrogen (secondary N) is 1. The van der Waals surface area contributed by atoms with Crippen LogP contribution in [0.2, 0.25) is 0 Å². The quantitative estimate of drug-likeness (QED) is 0.746. The van der Waals surface area contributed by atoms with Gasteiger partial charge in [-0.2, -0.15) is 0 Å². The summed E-state index contributed by atoms with van der Waals surface area (Å²) in [5.74, 6) is -0.468. The summed E-state index contributed by atoms with van der Waals surface area (Å²) in [6.07, 6.45) is 0. The smallest absolute Gasteiger partial charge is 0.269 e. The molecule has 7 heteroatoms. The Bertz CT molecular complexity index is 504. The van der Waals surface area contributed by atoms with Crippen LogP contribution in [0, 0.1) is 0 Å². The fourth-order valence-electron chi connectivity index (χ4n) is 1.49. The van der Waals surface area contributed by atoms with E-state index in [0.717, 1.165) is 10.6 Å². The Morgan fingerprint density at radius 1 is 1.42 bits per heavy atom. The van der Waals surface area contributed by atoms with Crippen molar-refractivity contribution in [1.29, 1.82) is 0 Å². The van der Waals surface area contributed by atoms with E-state index in [0.29, 0.717) is 5.75 Å². The molecule has 1 aliphatic heterocycles. The third-order valence-corrected chi connectivity index (χ3v) is 3.46. The van der Waals surface area contributed by atoms with Crippen molar-refractivity contribution in [3.05, 3.63) is 35.9 Å². The van der Waals surface area contributed by atoms with Gasteiger partial charge in [-0.05, 0) is 0 Å². The van der Waals surface area contributed by atoms with Crippen molar-refractivity contribution in [1.82, 2.24) is 5.48 Å². The molecule has 100 valence electrons. The number of thioether (sulfide) groups is 1. The van der Waals surface area contributed by atoms with Gasteiger partial charge in [0.25, 0.3) is 5.91 Å². The first kappa shape index (κ1) is 13.6. The maximum atomic E-state index is 11.7. The second kappa shape index (κ2) is 6.35. The Morgan fingerprint density at radius 2 is 2.16 bits per heavy atom. The molecular weight excluding hydrogens is 266 g/mol. The highest BCUT2D eigenvalue weighted by Gasteiger charge is 2.25. The number of nitrogens with zero attached hydrogens (tertiary/aromatic N) is 1. The molecular formula is C12H13N3O3S. The van der Waals surface area contributed by atoms with Crippen LogP contribution in [0.1, 0.15) is 5.56 Å². The number of hydrogen-bond donors (Lipinski definition) is 2. The maximum Gasteiger partial charge on any atom is 0.269 e. The van der Waals surface area contributed by atoms with Crippen LogP contribution >= 0.6 is 11.8 Å². The molecule has 3 N–H and O–H groups in total. The van der Waals surface area contributed by atoms with Crippen molar-refractivity contribution in [3.8, 4) is 0 Å². The fraction of sp³-hybridized carbons (Fsp3) is 0.250. The van der Waals surface area contributed by atoms with Gasteiger partial charge in [-0.1, -0.05) is 30.3 Å². The van der Waals surface area contributed by atoms with Crippen molar-refractivity contribution >= 4 is 28.6 Å². The van der Waals surface area contributed by atoms with Crippen LogP contribution in [0.4, 0.5) is 0 Å². The van der Waals surface area contributed by atoms with Gasteiger partial charge in [-0.25, -0.2) is 5.48 Å². The second-order valence-electron chi connectivity index (χ2n) is 3.85. The van der Waals surface area contributed by atoms with Gasteiger partial charge in [0.05, 0.1) is 5.04 Å². The minimum absolute atomic E-state index is 0.346. The highest BCUT2D eigenvalue weighted by Crippen LogP contribution is 2.23. The van der Waals surface area contributed by atoms with E-state index in [1.165, 1.54) is 11.8 Å². The van der Waals surface area contributed by atoms with Crippen molar-refractivity contribution in [2.45, 2.75) is 6.04 Å². The third-order valence-electron chi connectivity index (χ3n) is 2.36. The molecule has 2 amide bonds. The van der Waals surface area contributed by atoms with Gasteiger partial charge in [0, 0.05) is 11.3 Å². The van der Waals surface area contributed by atoms with E-state index in [1.807, 2.05) is 30.3 Å². The Morgan fingerprint density at radius 3 is 2.84 bits per heavy atom. The van der Waals surface area contributed by atoms with Gasteiger partial charge in [-0.3, -0.25) is 19.4 Å². The molecule has 1 atom stereocenters. The van der Waals surface area contributed by atoms with Gasteiger partial charge in [-0.15, -0.1) is 11.8 Å². The van der Waals surface area contributed by atoms with Crippen LogP contribution in [-0.2, 0) is 14.4 Å². The van der Waals surface area contributed by atoms with E-state index in [4.69, 9.17) is 5.73 Å². The Balaban J connectivity index is 1.91. The number of carbonyl (C=O) groups is 2. The minimum Gasteiger partial charge on any atom is -0.368 e. The summed E-state index contributed by atoms with van der Waals surface area (Å²) in [6.45, 7) is -0.346. The van der Waals surface area contributed by atoms with Crippen molar-refractivity contribution < 1.29 is 14.4 Å². The van der Waals surface area contributed by atoms with Crippen molar-refractivity contribution in [2.24, 2.45) is 10.7 Å². The Labute approximate surface area is 114 Å². The number of carbonyl (C=O) groups excluding carboxylic acids is 2. The number of hydroxylamine groups is 1. The zero-order valence-electron chi connectivity index (χ0n) is 10.0.